The van der Waals surface area contributed by atoms with Gasteiger partial charge in [-0.05, 0) is 43.9 Å². The highest BCUT2D eigenvalue weighted by atomic mass is 35.5. The number of hydrogen-bond donors (Lipinski definition) is 1. The van der Waals surface area contributed by atoms with Crippen molar-refractivity contribution in [2.45, 2.75) is 37.3 Å². The summed E-state index contributed by atoms with van der Waals surface area (Å²) < 4.78 is 5.24. The number of fused-ring (bicyclic) bond motifs is 2. The van der Waals surface area contributed by atoms with E-state index < -0.39 is 11.4 Å². The van der Waals surface area contributed by atoms with Crippen molar-refractivity contribution in [3.63, 3.8) is 0 Å². The zero-order valence-corrected chi connectivity index (χ0v) is 12.5. The Labute approximate surface area is 128 Å². The zero-order chi connectivity index (χ0) is 15.2. The first-order valence-corrected chi connectivity index (χ1v) is 7.34. The van der Waals surface area contributed by atoms with Crippen molar-refractivity contribution < 1.29 is 14.3 Å². The highest BCUT2D eigenvalue weighted by Gasteiger charge is 2.57. The minimum atomic E-state index is -0.827. The number of carbonyl (C=O) groups excluding carboxylic acids is 2. The van der Waals surface area contributed by atoms with Crippen LogP contribution < -0.4 is 10.5 Å². The average molecular weight is 309 g/mol. The summed E-state index contributed by atoms with van der Waals surface area (Å²) in [5.74, 6) is -0.204. The van der Waals surface area contributed by atoms with E-state index in [1.807, 2.05) is 0 Å². The number of ether oxygens (including phenoxy) is 1. The van der Waals surface area contributed by atoms with Crippen LogP contribution in [0.4, 0.5) is 0 Å². The van der Waals surface area contributed by atoms with Gasteiger partial charge in [0.2, 0.25) is 5.91 Å². The minimum Gasteiger partial charge on any atom is -0.496 e. The molecule has 2 fully saturated rings. The molecule has 1 aromatic carbocycles. The van der Waals surface area contributed by atoms with Crippen LogP contribution in [0.25, 0.3) is 0 Å². The van der Waals surface area contributed by atoms with Gasteiger partial charge >= 0.3 is 0 Å². The van der Waals surface area contributed by atoms with E-state index in [1.54, 1.807) is 23.1 Å². The number of nitrogens with two attached hydrogens (primary N) is 1. The Morgan fingerprint density at radius 3 is 2.62 bits per heavy atom. The summed E-state index contributed by atoms with van der Waals surface area (Å²) >= 11 is 5.93. The first-order valence-electron chi connectivity index (χ1n) is 6.97. The van der Waals surface area contributed by atoms with Gasteiger partial charge in [-0.25, -0.2) is 0 Å². The first-order chi connectivity index (χ1) is 9.99. The molecule has 0 spiro atoms. The van der Waals surface area contributed by atoms with Crippen LogP contribution in [0, 0.1) is 0 Å². The van der Waals surface area contributed by atoms with Crippen LogP contribution in [0.2, 0.25) is 5.02 Å². The van der Waals surface area contributed by atoms with Crippen molar-refractivity contribution in [1.82, 2.24) is 4.90 Å². The van der Waals surface area contributed by atoms with Crippen LogP contribution in [0.3, 0.4) is 0 Å². The SMILES string of the molecule is COc1cc(Cl)ccc1C(=O)N1C2CCC1(C(N)=O)CC2. The van der Waals surface area contributed by atoms with Crippen LogP contribution in [-0.4, -0.2) is 35.4 Å². The molecule has 2 N–H and O–H groups in total. The van der Waals surface area contributed by atoms with Crippen molar-refractivity contribution in [1.29, 1.82) is 0 Å². The fraction of sp³-hybridized carbons (Fsp3) is 0.467. The normalized spacial score (nSPS) is 27.0. The fourth-order valence-corrected chi connectivity index (χ4v) is 3.79. The number of primary amides is 1. The van der Waals surface area contributed by atoms with Crippen molar-refractivity contribution in [2.24, 2.45) is 5.73 Å². The molecule has 0 radical (unpaired) electrons. The molecule has 2 saturated heterocycles. The molecule has 6 heteroatoms. The number of amides is 2. The molecule has 5 nitrogen and oxygen atoms in total. The molecule has 21 heavy (non-hydrogen) atoms. The van der Waals surface area contributed by atoms with Crippen molar-refractivity contribution in [3.8, 4) is 5.75 Å². The molecule has 2 bridgehead atoms. The predicted octanol–water partition coefficient (Wildman–Crippen LogP) is 1.97. The van der Waals surface area contributed by atoms with E-state index in [2.05, 4.69) is 0 Å². The van der Waals surface area contributed by atoms with E-state index in [0.717, 1.165) is 12.8 Å². The number of rotatable bonds is 3. The second kappa shape index (κ2) is 4.91. The lowest BCUT2D eigenvalue weighted by atomic mass is 9.87. The number of nitrogens with zero attached hydrogens (tertiary/aromatic N) is 1. The number of hydrogen-bond acceptors (Lipinski definition) is 3. The molecular weight excluding hydrogens is 292 g/mol. The van der Waals surface area contributed by atoms with Crippen LogP contribution in [0.5, 0.6) is 5.75 Å². The van der Waals surface area contributed by atoms with Gasteiger partial charge in [0.15, 0.2) is 0 Å². The van der Waals surface area contributed by atoms with E-state index in [4.69, 9.17) is 22.1 Å². The summed E-state index contributed by atoms with van der Waals surface area (Å²) in [6.07, 6.45) is 2.94. The van der Waals surface area contributed by atoms with Crippen LogP contribution in [0.1, 0.15) is 36.0 Å². The summed E-state index contributed by atoms with van der Waals surface area (Å²) in [6.45, 7) is 0. The predicted molar refractivity (Wildman–Crippen MR) is 78.4 cm³/mol. The van der Waals surface area contributed by atoms with E-state index in [-0.39, 0.29) is 11.9 Å². The molecule has 1 aromatic rings. The largest absolute Gasteiger partial charge is 0.496 e. The Hall–Kier alpha value is -1.75. The maximum absolute atomic E-state index is 12.9. The van der Waals surface area contributed by atoms with Gasteiger partial charge in [0, 0.05) is 11.1 Å². The molecule has 0 atom stereocenters. The van der Waals surface area contributed by atoms with Crippen molar-refractivity contribution in [2.75, 3.05) is 7.11 Å². The Kier molecular flexibility index (Phi) is 3.32. The van der Waals surface area contributed by atoms with Gasteiger partial charge in [0.25, 0.3) is 5.91 Å². The average Bonchev–Trinajstić information content (AvgIpc) is 3.03. The minimum absolute atomic E-state index is 0.0883. The lowest BCUT2D eigenvalue weighted by molar-refractivity contribution is -0.126. The molecule has 112 valence electrons. The van der Waals surface area contributed by atoms with Gasteiger partial charge < -0.3 is 15.4 Å². The Morgan fingerprint density at radius 1 is 1.38 bits per heavy atom. The van der Waals surface area contributed by atoms with Gasteiger partial charge in [0.05, 0.1) is 12.7 Å². The third-order valence-electron chi connectivity index (χ3n) is 4.68. The van der Waals surface area contributed by atoms with Crippen LogP contribution >= 0.6 is 11.6 Å². The van der Waals surface area contributed by atoms with Gasteiger partial charge in [-0.1, -0.05) is 11.6 Å². The fourth-order valence-electron chi connectivity index (χ4n) is 3.63. The lowest BCUT2D eigenvalue weighted by Gasteiger charge is -2.32. The molecule has 0 unspecified atom stereocenters. The topological polar surface area (TPSA) is 72.6 Å². The maximum Gasteiger partial charge on any atom is 0.258 e. The quantitative estimate of drug-likeness (QED) is 0.928. The number of methoxy groups -OCH3 is 1. The Balaban J connectivity index is 2.01. The molecule has 2 heterocycles. The molecule has 0 aliphatic carbocycles. The van der Waals surface area contributed by atoms with Gasteiger partial charge in [-0.15, -0.1) is 0 Å². The van der Waals surface area contributed by atoms with Gasteiger partial charge in [-0.2, -0.15) is 0 Å². The molecule has 0 saturated carbocycles. The molecule has 2 aliphatic heterocycles. The highest BCUT2D eigenvalue weighted by Crippen LogP contribution is 2.47. The van der Waals surface area contributed by atoms with Crippen LogP contribution in [-0.2, 0) is 4.79 Å². The summed E-state index contributed by atoms with van der Waals surface area (Å²) in [4.78, 5) is 26.5. The summed E-state index contributed by atoms with van der Waals surface area (Å²) in [7, 11) is 1.49. The van der Waals surface area contributed by atoms with E-state index in [1.165, 1.54) is 7.11 Å². The standard InChI is InChI=1S/C15H17ClN2O3/c1-21-12-8-9(16)2-3-11(12)13(19)18-10-4-6-15(18,7-5-10)14(17)20/h2-3,8,10H,4-7H2,1H3,(H2,17,20). The molecule has 3 rings (SSSR count). The number of halogens is 1. The summed E-state index contributed by atoms with van der Waals surface area (Å²) in [6, 6.07) is 4.97. The first kappa shape index (κ1) is 14.2. The monoisotopic (exact) mass is 308 g/mol. The number of carbonyl (C=O) groups is 2. The van der Waals surface area contributed by atoms with Crippen LogP contribution in [0.15, 0.2) is 18.2 Å². The van der Waals surface area contributed by atoms with E-state index >= 15 is 0 Å². The van der Waals surface area contributed by atoms with Gasteiger partial charge in [-0.3, -0.25) is 9.59 Å². The molecule has 2 aliphatic rings. The second-order valence-corrected chi connectivity index (χ2v) is 6.08. The van der Waals surface area contributed by atoms with Gasteiger partial charge in [0.1, 0.15) is 11.3 Å². The Bertz CT molecular complexity index is 609. The second-order valence-electron chi connectivity index (χ2n) is 5.65. The smallest absolute Gasteiger partial charge is 0.258 e. The summed E-state index contributed by atoms with van der Waals surface area (Å²) in [5.41, 5.74) is 5.18. The molecular formula is C15H17ClN2O3. The van der Waals surface area contributed by atoms with E-state index in [0.29, 0.717) is 29.2 Å². The zero-order valence-electron chi connectivity index (χ0n) is 11.8. The van der Waals surface area contributed by atoms with Crippen molar-refractivity contribution >= 4 is 23.4 Å². The molecule has 2 amide bonds. The third kappa shape index (κ3) is 1.99. The highest BCUT2D eigenvalue weighted by molar-refractivity contribution is 6.30. The number of benzene rings is 1. The lowest BCUT2D eigenvalue weighted by Crippen LogP contribution is -2.53. The summed E-state index contributed by atoms with van der Waals surface area (Å²) in [5, 5.41) is 0.498. The third-order valence-corrected chi connectivity index (χ3v) is 4.92. The molecule has 0 aromatic heterocycles. The van der Waals surface area contributed by atoms with E-state index in [9.17, 15) is 9.59 Å². The Morgan fingerprint density at radius 2 is 2.05 bits per heavy atom. The maximum atomic E-state index is 12.9. The van der Waals surface area contributed by atoms with Crippen molar-refractivity contribution in [3.05, 3.63) is 28.8 Å².